The fourth-order valence-corrected chi connectivity index (χ4v) is 5.20. The molecular weight excluding hydrogens is 452 g/mol. The molecule has 8 nitrogen and oxygen atoms in total. The number of nitrogens with one attached hydrogen (secondary N) is 1. The molecule has 2 atom stereocenters. The molecule has 3 rings (SSSR count). The summed E-state index contributed by atoms with van der Waals surface area (Å²) in [5.74, 6) is -2.72. The van der Waals surface area contributed by atoms with Gasteiger partial charge in [-0.2, -0.15) is 0 Å². The smallest absolute Gasteiger partial charge is 0.353 e. The Hall–Kier alpha value is -2.43. The van der Waals surface area contributed by atoms with Crippen LogP contribution in [-0.4, -0.2) is 57.5 Å². The van der Waals surface area contributed by atoms with Gasteiger partial charge < -0.3 is 15.2 Å². The number of benzene rings is 1. The second kappa shape index (κ2) is 9.59. The van der Waals surface area contributed by atoms with E-state index in [1.54, 1.807) is 0 Å². The first-order valence-corrected chi connectivity index (χ1v) is 11.0. The number of carboxylic acid groups (broad SMARTS) is 1. The second-order valence-corrected chi connectivity index (χ2v) is 8.67. The lowest BCUT2D eigenvalue weighted by Gasteiger charge is -2.49. The van der Waals surface area contributed by atoms with Gasteiger partial charge in [0.25, 0.3) is 5.91 Å². The van der Waals surface area contributed by atoms with Gasteiger partial charge in [-0.15, -0.1) is 11.8 Å². The maximum Gasteiger partial charge on any atom is 0.353 e. The van der Waals surface area contributed by atoms with Crippen molar-refractivity contribution < 1.29 is 29.0 Å². The molecule has 0 aromatic heterocycles. The highest BCUT2D eigenvalue weighted by atomic mass is 35.5. The van der Waals surface area contributed by atoms with Crippen molar-refractivity contribution in [2.45, 2.75) is 23.2 Å². The van der Waals surface area contributed by atoms with E-state index in [0.717, 1.165) is 21.6 Å². The molecule has 2 N–H and O–H groups in total. The van der Waals surface area contributed by atoms with Gasteiger partial charge in [-0.05, 0) is 12.1 Å². The number of β-lactam (4-membered cyclic amide) rings is 1. The van der Waals surface area contributed by atoms with Crippen molar-refractivity contribution in [1.82, 2.24) is 10.2 Å². The minimum absolute atomic E-state index is 0.114. The Balaban J connectivity index is 1.73. The number of ether oxygens (including phenoxy) is 1. The SMILES string of the molecule is CC(=O)OCC1=C(C(=O)O)N2C(=O)C(NC(=O)CSc3ccccc3)[C@@H]2SC1=CCl. The molecule has 1 unspecified atom stereocenters. The van der Waals surface area contributed by atoms with Crippen molar-refractivity contribution in [1.29, 1.82) is 0 Å². The summed E-state index contributed by atoms with van der Waals surface area (Å²) in [5.41, 5.74) is 1.00. The Bertz CT molecular complexity index is 950. The maximum absolute atomic E-state index is 12.6. The zero-order valence-corrected chi connectivity index (χ0v) is 18.1. The largest absolute Gasteiger partial charge is 0.477 e. The number of esters is 1. The molecule has 1 aromatic carbocycles. The third-order valence-corrected chi connectivity index (χ3v) is 6.97. The normalized spacial score (nSPS) is 21.7. The van der Waals surface area contributed by atoms with E-state index < -0.39 is 29.3 Å². The van der Waals surface area contributed by atoms with Gasteiger partial charge in [-0.3, -0.25) is 19.3 Å². The number of aliphatic carboxylic acids is 1. The number of rotatable bonds is 7. The van der Waals surface area contributed by atoms with Gasteiger partial charge in [0.15, 0.2) is 0 Å². The summed E-state index contributed by atoms with van der Waals surface area (Å²) in [6, 6.07) is 8.46. The summed E-state index contributed by atoms with van der Waals surface area (Å²) in [7, 11) is 0. The van der Waals surface area contributed by atoms with E-state index in [4.69, 9.17) is 16.3 Å². The number of nitrogens with zero attached hydrogens (tertiary/aromatic N) is 1. The van der Waals surface area contributed by atoms with Crippen molar-refractivity contribution in [2.75, 3.05) is 12.4 Å². The standard InChI is InChI=1S/C19H17ClN2O6S2/c1-10(23)28-8-12-13(7-20)30-18-15(17(25)22(18)16(12)19(26)27)21-14(24)9-29-11-5-3-2-4-6-11/h2-7,15,18H,8-9H2,1H3,(H,21,24)(H,26,27)/t15?,18-/m0/s1. The monoisotopic (exact) mass is 468 g/mol. The molecule has 1 fully saturated rings. The number of thioether (sulfide) groups is 2. The molecule has 0 aliphatic carbocycles. The van der Waals surface area contributed by atoms with Crippen molar-refractivity contribution in [3.8, 4) is 0 Å². The maximum atomic E-state index is 12.6. The quantitative estimate of drug-likeness (QED) is 0.355. The van der Waals surface area contributed by atoms with Crippen LogP contribution in [0.4, 0.5) is 0 Å². The fourth-order valence-electron chi connectivity index (χ4n) is 2.94. The first kappa shape index (κ1) is 22.3. The van der Waals surface area contributed by atoms with Crippen LogP contribution in [0.15, 0.2) is 56.9 Å². The van der Waals surface area contributed by atoms with Crippen LogP contribution in [0.25, 0.3) is 0 Å². The number of hydrogen-bond acceptors (Lipinski definition) is 7. The molecule has 2 amide bonds. The summed E-state index contributed by atoms with van der Waals surface area (Å²) >= 11 is 8.32. The lowest BCUT2D eigenvalue weighted by atomic mass is 10.0. The van der Waals surface area contributed by atoms with Crippen molar-refractivity contribution in [2.24, 2.45) is 0 Å². The number of hydrogen-bond donors (Lipinski definition) is 2. The summed E-state index contributed by atoms with van der Waals surface area (Å²) in [4.78, 5) is 50.3. The molecule has 11 heteroatoms. The topological polar surface area (TPSA) is 113 Å². The van der Waals surface area contributed by atoms with Crippen LogP contribution in [0.3, 0.4) is 0 Å². The molecule has 0 bridgehead atoms. The van der Waals surface area contributed by atoms with Crippen molar-refractivity contribution >= 4 is 58.9 Å². The van der Waals surface area contributed by atoms with Gasteiger partial charge in [-0.1, -0.05) is 41.6 Å². The summed E-state index contributed by atoms with van der Waals surface area (Å²) < 4.78 is 4.92. The molecule has 1 saturated heterocycles. The molecule has 0 spiro atoms. The van der Waals surface area contributed by atoms with E-state index in [2.05, 4.69) is 5.32 Å². The van der Waals surface area contributed by atoms with Crippen LogP contribution >= 0.6 is 35.1 Å². The van der Waals surface area contributed by atoms with Crippen molar-refractivity contribution in [3.63, 3.8) is 0 Å². The van der Waals surface area contributed by atoms with Gasteiger partial charge in [0, 0.05) is 27.8 Å². The molecule has 2 aliphatic rings. The average molecular weight is 469 g/mol. The second-order valence-electron chi connectivity index (χ2n) is 6.25. The van der Waals surface area contributed by atoms with Crippen LogP contribution in [0.2, 0.25) is 0 Å². The number of halogens is 1. The highest BCUT2D eigenvalue weighted by Crippen LogP contribution is 2.46. The molecule has 1 aromatic rings. The molecule has 0 radical (unpaired) electrons. The van der Waals surface area contributed by atoms with E-state index in [1.807, 2.05) is 30.3 Å². The Labute approximate surface area is 185 Å². The van der Waals surface area contributed by atoms with Crippen LogP contribution in [0, 0.1) is 0 Å². The van der Waals surface area contributed by atoms with E-state index in [-0.39, 0.29) is 29.5 Å². The lowest BCUT2D eigenvalue weighted by Crippen LogP contribution is -2.70. The summed E-state index contributed by atoms with van der Waals surface area (Å²) in [6.45, 7) is 0.863. The van der Waals surface area contributed by atoms with Gasteiger partial charge in [-0.25, -0.2) is 4.79 Å². The molecule has 0 saturated carbocycles. The fraction of sp³-hybridized carbons (Fsp3) is 0.263. The number of fused-ring (bicyclic) bond motifs is 1. The molecule has 2 aliphatic heterocycles. The van der Waals surface area contributed by atoms with Crippen LogP contribution in [0.5, 0.6) is 0 Å². The number of amides is 2. The first-order chi connectivity index (χ1) is 14.3. The first-order valence-electron chi connectivity index (χ1n) is 8.71. The predicted octanol–water partition coefficient (Wildman–Crippen LogP) is 2.16. The Morgan fingerprint density at radius 2 is 2.03 bits per heavy atom. The summed E-state index contributed by atoms with van der Waals surface area (Å²) in [5, 5.41) is 11.7. The van der Waals surface area contributed by atoms with E-state index in [1.165, 1.54) is 24.2 Å². The van der Waals surface area contributed by atoms with Crippen molar-refractivity contribution in [3.05, 3.63) is 52.0 Å². The van der Waals surface area contributed by atoms with E-state index in [9.17, 15) is 24.3 Å². The van der Waals surface area contributed by atoms with Gasteiger partial charge in [0.05, 0.1) is 5.75 Å². The Morgan fingerprint density at radius 1 is 1.33 bits per heavy atom. The van der Waals surface area contributed by atoms with Gasteiger partial charge in [0.1, 0.15) is 23.7 Å². The average Bonchev–Trinajstić information content (AvgIpc) is 2.73. The highest BCUT2D eigenvalue weighted by Gasteiger charge is 2.55. The highest BCUT2D eigenvalue weighted by molar-refractivity contribution is 8.04. The Morgan fingerprint density at radius 3 is 2.63 bits per heavy atom. The van der Waals surface area contributed by atoms with E-state index >= 15 is 0 Å². The zero-order chi connectivity index (χ0) is 21.8. The third-order valence-electron chi connectivity index (χ3n) is 4.27. The Kier molecular flexibility index (Phi) is 7.11. The number of carbonyl (C=O) groups excluding carboxylic acids is 3. The minimum Gasteiger partial charge on any atom is -0.477 e. The van der Waals surface area contributed by atoms with Gasteiger partial charge >= 0.3 is 11.9 Å². The predicted molar refractivity (Wildman–Crippen MR) is 113 cm³/mol. The molecule has 2 heterocycles. The third kappa shape index (κ3) is 4.66. The molecule has 30 heavy (non-hydrogen) atoms. The molecular formula is C19H17ClN2O6S2. The van der Waals surface area contributed by atoms with Crippen LogP contribution in [-0.2, 0) is 23.9 Å². The molecule has 158 valence electrons. The van der Waals surface area contributed by atoms with Crippen LogP contribution < -0.4 is 5.32 Å². The van der Waals surface area contributed by atoms with Gasteiger partial charge in [0.2, 0.25) is 5.91 Å². The zero-order valence-electron chi connectivity index (χ0n) is 15.7. The summed E-state index contributed by atoms with van der Waals surface area (Å²) in [6.07, 6.45) is 0. The van der Waals surface area contributed by atoms with E-state index in [0.29, 0.717) is 4.91 Å². The number of carboxylic acids is 1. The number of carbonyl (C=O) groups is 4. The minimum atomic E-state index is -1.35. The lowest BCUT2D eigenvalue weighted by molar-refractivity contribution is -0.150. The van der Waals surface area contributed by atoms with Crippen LogP contribution in [0.1, 0.15) is 6.92 Å².